The largest absolute Gasteiger partial charge is 0.420 e. The van der Waals surface area contributed by atoms with Crippen molar-refractivity contribution in [3.05, 3.63) is 64.1 Å². The van der Waals surface area contributed by atoms with Gasteiger partial charge >= 0.3 is 24.9 Å². The zero-order valence-corrected chi connectivity index (χ0v) is 25.9. The zero-order chi connectivity index (χ0) is 35.7. The summed E-state index contributed by atoms with van der Waals surface area (Å²) in [5.41, 5.74) is -2.42. The van der Waals surface area contributed by atoms with E-state index in [1.165, 1.54) is 29.2 Å². The third-order valence-electron chi connectivity index (χ3n) is 7.54. The number of carbonyl (C=O) groups excluding carboxylic acids is 1. The van der Waals surface area contributed by atoms with Gasteiger partial charge < -0.3 is 15.2 Å². The van der Waals surface area contributed by atoms with E-state index < -0.39 is 65.5 Å². The van der Waals surface area contributed by atoms with Gasteiger partial charge in [0.05, 0.1) is 29.3 Å². The van der Waals surface area contributed by atoms with Crippen molar-refractivity contribution in [3.8, 4) is 22.6 Å². The second-order valence-electron chi connectivity index (χ2n) is 11.0. The number of hydrogen-bond donors (Lipinski definition) is 2. The van der Waals surface area contributed by atoms with E-state index in [0.717, 1.165) is 4.90 Å². The Hall–Kier alpha value is -4.88. The molecule has 0 bridgehead atoms. The van der Waals surface area contributed by atoms with E-state index in [-0.39, 0.29) is 53.4 Å². The molecule has 49 heavy (non-hydrogen) atoms. The summed E-state index contributed by atoms with van der Waals surface area (Å²) in [4.78, 5) is 42.3. The number of pyridine rings is 1. The molecule has 0 saturated heterocycles. The molecule has 1 aliphatic rings. The SMILES string of the molecule is Cn1ccc(-c2cnc(N(C(=O)NCC(F)(F)F)C3CCC(Nc4ncc(C(F)(F)F)c(-c5nn(C(F)F)cc5Cl)n4)CC3)cn2)cc1=O. The molecule has 0 atom stereocenters. The summed E-state index contributed by atoms with van der Waals surface area (Å²) in [5, 5.41) is 7.68. The van der Waals surface area contributed by atoms with Crippen LogP contribution in [0.2, 0.25) is 5.02 Å². The fourth-order valence-corrected chi connectivity index (χ4v) is 5.38. The van der Waals surface area contributed by atoms with Gasteiger partial charge in [-0.1, -0.05) is 11.6 Å². The maximum absolute atomic E-state index is 13.8. The molecule has 0 aromatic carbocycles. The van der Waals surface area contributed by atoms with Crippen LogP contribution >= 0.6 is 11.6 Å². The van der Waals surface area contributed by atoms with Gasteiger partial charge in [0.1, 0.15) is 23.5 Å². The van der Waals surface area contributed by atoms with E-state index in [1.54, 1.807) is 13.1 Å². The Morgan fingerprint density at radius 1 is 1.04 bits per heavy atom. The van der Waals surface area contributed by atoms with Crippen LogP contribution in [0.15, 0.2) is 47.9 Å². The summed E-state index contributed by atoms with van der Waals surface area (Å²) in [6, 6.07) is 0.710. The van der Waals surface area contributed by atoms with Gasteiger partial charge in [-0.3, -0.25) is 14.7 Å². The zero-order valence-electron chi connectivity index (χ0n) is 25.1. The highest BCUT2D eigenvalue weighted by molar-refractivity contribution is 6.33. The first-order chi connectivity index (χ1) is 23.0. The summed E-state index contributed by atoms with van der Waals surface area (Å²) in [7, 11) is 1.56. The standard InChI is InChI=1S/C28H25ClF8N10O2/c1-45-7-6-14(8-21(45)48)19-10-39-20(11-38-19)47(26(49)41-13-27(32,33)34)16-4-2-15(3-5-16)42-25-40-9-17(28(35,36)37)22(43-25)23-18(29)12-46(44-23)24(30)31/h6-12,15-16,24H,2-5,13H2,1H3,(H,41,49)(H,40,42,43). The molecule has 4 aromatic heterocycles. The molecule has 4 heterocycles. The van der Waals surface area contributed by atoms with E-state index in [2.05, 4.69) is 30.4 Å². The number of carbonyl (C=O) groups is 1. The van der Waals surface area contributed by atoms with E-state index >= 15 is 0 Å². The van der Waals surface area contributed by atoms with Crippen molar-refractivity contribution in [1.29, 1.82) is 0 Å². The summed E-state index contributed by atoms with van der Waals surface area (Å²) in [5.74, 6) is -0.342. The average molecular weight is 721 g/mol. The lowest BCUT2D eigenvalue weighted by molar-refractivity contribution is -0.137. The van der Waals surface area contributed by atoms with Gasteiger partial charge in [-0.15, -0.1) is 0 Å². The Kier molecular flexibility index (Phi) is 10.1. The van der Waals surface area contributed by atoms with E-state index in [1.807, 2.05) is 5.32 Å². The van der Waals surface area contributed by atoms with Crippen molar-refractivity contribution in [1.82, 2.24) is 39.6 Å². The maximum atomic E-state index is 13.8. The van der Waals surface area contributed by atoms with Crippen LogP contribution in [0, 0.1) is 0 Å². The third-order valence-corrected chi connectivity index (χ3v) is 7.82. The van der Waals surface area contributed by atoms with Crippen LogP contribution < -0.4 is 21.1 Å². The van der Waals surface area contributed by atoms with E-state index in [0.29, 0.717) is 18.0 Å². The monoisotopic (exact) mass is 720 g/mol. The lowest BCUT2D eigenvalue weighted by atomic mass is 9.90. The second kappa shape index (κ2) is 13.9. The molecule has 0 unspecified atom stereocenters. The second-order valence-corrected chi connectivity index (χ2v) is 11.4. The highest BCUT2D eigenvalue weighted by Gasteiger charge is 2.38. The van der Waals surface area contributed by atoms with E-state index in [9.17, 15) is 44.7 Å². The fraction of sp³-hybridized carbons (Fsp3) is 0.393. The Morgan fingerprint density at radius 2 is 1.76 bits per heavy atom. The molecular weight excluding hydrogens is 696 g/mol. The molecule has 0 spiro atoms. The minimum Gasteiger partial charge on any atom is -0.351 e. The number of rotatable bonds is 8. The number of anilines is 2. The Labute approximate surface area is 276 Å². The van der Waals surface area contributed by atoms with Crippen molar-refractivity contribution < 1.29 is 39.9 Å². The molecule has 5 rings (SSSR count). The molecule has 2 amide bonds. The van der Waals surface area contributed by atoms with Crippen LogP contribution in [-0.4, -0.2) is 65.1 Å². The number of alkyl halides is 8. The fourth-order valence-electron chi connectivity index (χ4n) is 5.15. The normalized spacial score (nSPS) is 16.9. The van der Waals surface area contributed by atoms with Crippen molar-refractivity contribution in [2.45, 2.75) is 56.7 Å². The van der Waals surface area contributed by atoms with Crippen molar-refractivity contribution in [2.24, 2.45) is 7.05 Å². The number of amides is 2. The number of nitrogens with zero attached hydrogens (tertiary/aromatic N) is 8. The predicted molar refractivity (Wildman–Crippen MR) is 159 cm³/mol. The summed E-state index contributed by atoms with van der Waals surface area (Å²) in [6.07, 6.45) is -3.63. The van der Waals surface area contributed by atoms with Gasteiger partial charge in [0.2, 0.25) is 5.95 Å². The summed E-state index contributed by atoms with van der Waals surface area (Å²) >= 11 is 5.92. The van der Waals surface area contributed by atoms with Crippen LogP contribution in [-0.2, 0) is 13.2 Å². The summed E-state index contributed by atoms with van der Waals surface area (Å²) < 4.78 is 108. The first kappa shape index (κ1) is 35.4. The van der Waals surface area contributed by atoms with Crippen molar-refractivity contribution >= 4 is 29.4 Å². The number of halogens is 9. The van der Waals surface area contributed by atoms with Crippen LogP contribution in [0.4, 0.5) is 51.7 Å². The average Bonchev–Trinajstić information content (AvgIpc) is 3.43. The highest BCUT2D eigenvalue weighted by atomic mass is 35.5. The molecule has 0 radical (unpaired) electrons. The van der Waals surface area contributed by atoms with Gasteiger partial charge in [0.15, 0.2) is 5.82 Å². The molecule has 1 saturated carbocycles. The van der Waals surface area contributed by atoms with Gasteiger partial charge in [0, 0.05) is 43.2 Å². The first-order valence-electron chi connectivity index (χ1n) is 14.4. The van der Waals surface area contributed by atoms with E-state index in [4.69, 9.17) is 11.6 Å². The minimum atomic E-state index is -4.97. The Bertz CT molecular complexity index is 1860. The minimum absolute atomic E-state index is 0.0560. The molecule has 262 valence electrons. The molecule has 2 N–H and O–H groups in total. The Balaban J connectivity index is 1.34. The number of urea groups is 1. The van der Waals surface area contributed by atoms with Crippen LogP contribution in [0.25, 0.3) is 22.6 Å². The van der Waals surface area contributed by atoms with Crippen molar-refractivity contribution in [3.63, 3.8) is 0 Å². The van der Waals surface area contributed by atoms with Gasteiger partial charge in [-0.25, -0.2) is 24.4 Å². The topological polar surface area (TPSA) is 136 Å². The Morgan fingerprint density at radius 3 is 2.33 bits per heavy atom. The molecule has 1 fully saturated rings. The van der Waals surface area contributed by atoms with Crippen LogP contribution in [0.3, 0.4) is 0 Å². The lowest BCUT2D eigenvalue weighted by Gasteiger charge is -2.36. The number of aromatic nitrogens is 7. The van der Waals surface area contributed by atoms with Gasteiger partial charge in [-0.05, 0) is 31.7 Å². The maximum Gasteiger partial charge on any atom is 0.420 e. The van der Waals surface area contributed by atoms with Crippen molar-refractivity contribution in [2.75, 3.05) is 16.8 Å². The molecule has 4 aromatic rings. The predicted octanol–water partition coefficient (Wildman–Crippen LogP) is 6.06. The van der Waals surface area contributed by atoms with Crippen LogP contribution in [0.5, 0.6) is 0 Å². The third kappa shape index (κ3) is 8.41. The molecule has 12 nitrogen and oxygen atoms in total. The van der Waals surface area contributed by atoms with Gasteiger partial charge in [-0.2, -0.15) is 40.2 Å². The van der Waals surface area contributed by atoms with Gasteiger partial charge in [0.25, 0.3) is 5.56 Å². The molecule has 21 heteroatoms. The number of nitrogens with one attached hydrogen (secondary N) is 2. The molecule has 0 aliphatic heterocycles. The smallest absolute Gasteiger partial charge is 0.351 e. The lowest BCUT2D eigenvalue weighted by Crippen LogP contribution is -2.50. The van der Waals surface area contributed by atoms with Crippen LogP contribution in [0.1, 0.15) is 37.8 Å². The molecule has 1 aliphatic carbocycles. The quantitative estimate of drug-likeness (QED) is 0.210. The highest BCUT2D eigenvalue weighted by Crippen LogP contribution is 2.38. The first-order valence-corrected chi connectivity index (χ1v) is 14.7. The number of aryl methyl sites for hydroxylation is 1. The molecular formula is C28H25ClF8N10O2. The number of hydrogen-bond acceptors (Lipinski definition) is 8. The summed E-state index contributed by atoms with van der Waals surface area (Å²) in [6.45, 7) is -4.78.